The monoisotopic (exact) mass is 317 g/mol. The maximum Gasteiger partial charge on any atom is 0.333 e. The van der Waals surface area contributed by atoms with Gasteiger partial charge in [0.15, 0.2) is 5.57 Å². The van der Waals surface area contributed by atoms with Gasteiger partial charge in [-0.2, -0.15) is 0 Å². The van der Waals surface area contributed by atoms with Gasteiger partial charge in [0, 0.05) is 26.6 Å². The molecule has 0 aromatic rings. The van der Waals surface area contributed by atoms with E-state index in [0.29, 0.717) is 6.42 Å². The minimum Gasteiger partial charge on any atom is -0.468 e. The van der Waals surface area contributed by atoms with Gasteiger partial charge in [-0.15, -0.1) is 0 Å². The Hall–Kier alpha value is -2.57. The molecular formula is C16H19N3O4. The number of barbiturate groups is 1. The zero-order valence-electron chi connectivity index (χ0n) is 13.4. The highest BCUT2D eigenvalue weighted by Gasteiger charge is 2.46. The standard InChI is InChI=1S/C16H19N3O4/c1-4-18-13(20)12(14(21)19(5-2)16(18)22)15-17(3)10-8-6-7-9-11(10)23-15/h6-8,11H,4-5,9H2,1-3H3. The smallest absolute Gasteiger partial charge is 0.333 e. The predicted molar refractivity (Wildman–Crippen MR) is 81.7 cm³/mol. The number of urea groups is 1. The third-order valence-corrected chi connectivity index (χ3v) is 4.26. The Kier molecular flexibility index (Phi) is 3.71. The van der Waals surface area contributed by atoms with Crippen LogP contribution >= 0.6 is 0 Å². The highest BCUT2D eigenvalue weighted by molar-refractivity contribution is 6.29. The second kappa shape index (κ2) is 5.57. The van der Waals surface area contributed by atoms with E-state index in [1.54, 1.807) is 25.8 Å². The Morgan fingerprint density at radius 2 is 1.74 bits per heavy atom. The van der Waals surface area contributed by atoms with Gasteiger partial charge in [0.25, 0.3) is 11.8 Å². The van der Waals surface area contributed by atoms with Crippen LogP contribution in [-0.2, 0) is 14.3 Å². The fourth-order valence-corrected chi connectivity index (χ4v) is 3.01. The number of allylic oxidation sites excluding steroid dienone is 2. The van der Waals surface area contributed by atoms with Gasteiger partial charge in [0.05, 0.1) is 5.70 Å². The molecule has 3 rings (SSSR count). The van der Waals surface area contributed by atoms with Crippen molar-refractivity contribution in [3.8, 4) is 0 Å². The van der Waals surface area contributed by atoms with Gasteiger partial charge in [-0.3, -0.25) is 19.4 Å². The molecule has 1 aliphatic carbocycles. The van der Waals surface area contributed by atoms with Gasteiger partial charge in [-0.1, -0.05) is 12.2 Å². The number of ether oxygens (including phenoxy) is 1. The molecule has 1 atom stereocenters. The van der Waals surface area contributed by atoms with Gasteiger partial charge >= 0.3 is 6.03 Å². The Labute approximate surface area is 134 Å². The number of fused-ring (bicyclic) bond motifs is 1. The van der Waals surface area contributed by atoms with Crippen molar-refractivity contribution >= 4 is 17.8 Å². The number of imide groups is 2. The van der Waals surface area contributed by atoms with Gasteiger partial charge in [-0.05, 0) is 19.9 Å². The highest BCUT2D eigenvalue weighted by atomic mass is 16.5. The van der Waals surface area contributed by atoms with E-state index < -0.39 is 17.8 Å². The maximum absolute atomic E-state index is 12.6. The van der Waals surface area contributed by atoms with E-state index >= 15 is 0 Å². The zero-order valence-corrected chi connectivity index (χ0v) is 13.4. The molecule has 0 N–H and O–H groups in total. The van der Waals surface area contributed by atoms with Crippen LogP contribution in [0, 0.1) is 0 Å². The quantitative estimate of drug-likeness (QED) is 0.565. The van der Waals surface area contributed by atoms with Crippen LogP contribution in [0.3, 0.4) is 0 Å². The molecule has 4 amide bonds. The van der Waals surface area contributed by atoms with E-state index in [0.717, 1.165) is 15.5 Å². The second-order valence-electron chi connectivity index (χ2n) is 5.48. The highest BCUT2D eigenvalue weighted by Crippen LogP contribution is 2.35. The summed E-state index contributed by atoms with van der Waals surface area (Å²) in [5.41, 5.74) is 0.824. The summed E-state index contributed by atoms with van der Waals surface area (Å²) in [4.78, 5) is 41.3. The summed E-state index contributed by atoms with van der Waals surface area (Å²) in [5.74, 6) is -0.966. The molecule has 2 heterocycles. The number of likely N-dealkylation sites (N-methyl/N-ethyl adjacent to an activating group) is 3. The van der Waals surface area contributed by atoms with Crippen LogP contribution in [0.2, 0.25) is 0 Å². The summed E-state index contributed by atoms with van der Waals surface area (Å²) in [6, 6.07) is -0.576. The first-order chi connectivity index (χ1) is 11.0. The Balaban J connectivity index is 2.08. The lowest BCUT2D eigenvalue weighted by molar-refractivity contribution is -0.136. The third kappa shape index (κ3) is 2.15. The number of rotatable bonds is 2. The molecule has 0 bridgehead atoms. The van der Waals surface area contributed by atoms with E-state index in [2.05, 4.69) is 0 Å². The van der Waals surface area contributed by atoms with Crippen molar-refractivity contribution in [2.75, 3.05) is 20.1 Å². The molecule has 2 saturated heterocycles. The van der Waals surface area contributed by atoms with Crippen molar-refractivity contribution in [1.82, 2.24) is 14.7 Å². The summed E-state index contributed by atoms with van der Waals surface area (Å²) < 4.78 is 5.86. The third-order valence-electron chi connectivity index (χ3n) is 4.26. The summed E-state index contributed by atoms with van der Waals surface area (Å²) in [6.45, 7) is 3.81. The first-order valence-corrected chi connectivity index (χ1v) is 7.70. The first kappa shape index (κ1) is 15.3. The molecule has 23 heavy (non-hydrogen) atoms. The molecular weight excluding hydrogens is 298 g/mol. The Bertz CT molecular complexity index is 649. The molecule has 2 fully saturated rings. The van der Waals surface area contributed by atoms with Crippen LogP contribution < -0.4 is 0 Å². The first-order valence-electron chi connectivity index (χ1n) is 7.70. The molecule has 7 nitrogen and oxygen atoms in total. The van der Waals surface area contributed by atoms with Crippen LogP contribution in [0.5, 0.6) is 0 Å². The van der Waals surface area contributed by atoms with Crippen LogP contribution in [0.1, 0.15) is 20.3 Å². The SMILES string of the molecule is CCN1C(=O)C(=C2OC3CC=CC=C3N2C)C(=O)N(CC)C1=O. The van der Waals surface area contributed by atoms with Gasteiger partial charge in [0.2, 0.25) is 5.88 Å². The van der Waals surface area contributed by atoms with E-state index in [1.807, 2.05) is 18.2 Å². The maximum atomic E-state index is 12.6. The molecule has 3 aliphatic rings. The predicted octanol–water partition coefficient (Wildman–Crippen LogP) is 1.20. The topological polar surface area (TPSA) is 70.2 Å². The lowest BCUT2D eigenvalue weighted by Crippen LogP contribution is -2.56. The van der Waals surface area contributed by atoms with Crippen molar-refractivity contribution < 1.29 is 19.1 Å². The van der Waals surface area contributed by atoms with Crippen LogP contribution in [0.25, 0.3) is 0 Å². The lowest BCUT2D eigenvalue weighted by Gasteiger charge is -2.33. The average molecular weight is 317 g/mol. The van der Waals surface area contributed by atoms with Crippen molar-refractivity contribution in [2.24, 2.45) is 0 Å². The molecule has 0 radical (unpaired) electrons. The fraction of sp³-hybridized carbons (Fsp3) is 0.438. The summed E-state index contributed by atoms with van der Waals surface area (Å²) in [7, 11) is 1.76. The minimum absolute atomic E-state index is 0.0777. The van der Waals surface area contributed by atoms with Crippen molar-refractivity contribution in [3.63, 3.8) is 0 Å². The number of amides is 4. The molecule has 1 unspecified atom stereocenters. The van der Waals surface area contributed by atoms with Crippen LogP contribution in [0.4, 0.5) is 4.79 Å². The second-order valence-corrected chi connectivity index (χ2v) is 5.48. The van der Waals surface area contributed by atoms with Crippen molar-refractivity contribution in [1.29, 1.82) is 0 Å². The molecule has 0 aromatic carbocycles. The lowest BCUT2D eigenvalue weighted by atomic mass is 10.1. The molecule has 0 aromatic heterocycles. The van der Waals surface area contributed by atoms with Crippen LogP contribution in [-0.4, -0.2) is 58.8 Å². The fourth-order valence-electron chi connectivity index (χ4n) is 3.01. The molecule has 122 valence electrons. The zero-order chi connectivity index (χ0) is 16.7. The van der Waals surface area contributed by atoms with E-state index in [4.69, 9.17) is 4.74 Å². The Morgan fingerprint density at radius 1 is 1.13 bits per heavy atom. The number of nitrogens with zero attached hydrogens (tertiary/aromatic N) is 3. The minimum atomic E-state index is -0.596. The van der Waals surface area contributed by atoms with Gasteiger partial charge in [-0.25, -0.2) is 4.79 Å². The normalized spacial score (nSPS) is 24.3. The number of carbonyl (C=O) groups excluding carboxylic acids is 3. The average Bonchev–Trinajstić information content (AvgIpc) is 2.86. The Morgan fingerprint density at radius 3 is 2.26 bits per heavy atom. The molecule has 7 heteroatoms. The number of hydrogen-bond donors (Lipinski definition) is 0. The van der Waals surface area contributed by atoms with E-state index in [-0.39, 0.29) is 30.6 Å². The molecule has 2 aliphatic heterocycles. The number of hydrogen-bond acceptors (Lipinski definition) is 5. The summed E-state index contributed by atoms with van der Waals surface area (Å²) in [5, 5.41) is 0. The van der Waals surface area contributed by atoms with Gasteiger partial charge < -0.3 is 9.64 Å². The van der Waals surface area contributed by atoms with Crippen molar-refractivity contribution in [3.05, 3.63) is 35.4 Å². The van der Waals surface area contributed by atoms with E-state index in [1.165, 1.54) is 0 Å². The van der Waals surface area contributed by atoms with Crippen LogP contribution in [0.15, 0.2) is 35.4 Å². The van der Waals surface area contributed by atoms with Gasteiger partial charge in [0.1, 0.15) is 6.10 Å². The largest absolute Gasteiger partial charge is 0.468 e. The molecule has 0 spiro atoms. The number of carbonyl (C=O) groups is 3. The molecule has 0 saturated carbocycles. The van der Waals surface area contributed by atoms with Crippen molar-refractivity contribution in [2.45, 2.75) is 26.4 Å². The van der Waals surface area contributed by atoms with E-state index in [9.17, 15) is 14.4 Å². The summed E-state index contributed by atoms with van der Waals surface area (Å²) >= 11 is 0. The summed E-state index contributed by atoms with van der Waals surface area (Å²) in [6.07, 6.45) is 6.28.